The topological polar surface area (TPSA) is 15.3 Å². The summed E-state index contributed by atoms with van der Waals surface area (Å²) >= 11 is 0. The third kappa shape index (κ3) is 2.84. The average molecular weight is 290 g/mol. The maximum atomic E-state index is 13.0. The first kappa shape index (κ1) is 14.6. The third-order valence-electron chi connectivity index (χ3n) is 5.67. The Labute approximate surface area is 119 Å². The highest BCUT2D eigenvalue weighted by molar-refractivity contribution is 5.08. The monoisotopic (exact) mass is 290 g/mol. The van der Waals surface area contributed by atoms with E-state index < -0.39 is 12.7 Å². The minimum absolute atomic E-state index is 0.0338. The van der Waals surface area contributed by atoms with Crippen molar-refractivity contribution in [1.29, 1.82) is 0 Å². The summed E-state index contributed by atoms with van der Waals surface area (Å²) in [6.07, 6.45) is 5.47. The minimum Gasteiger partial charge on any atom is -0.308 e. The lowest BCUT2D eigenvalue weighted by atomic mass is 9.76. The van der Waals surface area contributed by atoms with Crippen LogP contribution in [-0.4, -0.2) is 41.8 Å². The van der Waals surface area contributed by atoms with Crippen LogP contribution in [0.2, 0.25) is 0 Å². The summed E-state index contributed by atoms with van der Waals surface area (Å²) in [5.74, 6) is 0. The van der Waals surface area contributed by atoms with E-state index in [4.69, 9.17) is 0 Å². The Hall–Kier alpha value is -0.290. The zero-order valence-corrected chi connectivity index (χ0v) is 12.1. The first-order valence-electron chi connectivity index (χ1n) is 8.00. The molecule has 0 aromatic rings. The summed E-state index contributed by atoms with van der Waals surface area (Å²) in [7, 11) is 0. The van der Waals surface area contributed by atoms with Crippen LogP contribution in [0.15, 0.2) is 0 Å². The fourth-order valence-corrected chi connectivity index (χ4v) is 4.58. The zero-order valence-electron chi connectivity index (χ0n) is 12.1. The molecule has 0 atom stereocenters. The maximum absolute atomic E-state index is 13.0. The van der Waals surface area contributed by atoms with E-state index in [0.717, 1.165) is 57.9 Å². The largest absolute Gasteiger partial charge is 0.401 e. The van der Waals surface area contributed by atoms with E-state index in [1.54, 1.807) is 4.90 Å². The molecule has 1 saturated heterocycles. The van der Waals surface area contributed by atoms with Gasteiger partial charge in [0.2, 0.25) is 0 Å². The lowest BCUT2D eigenvalue weighted by molar-refractivity contribution is -0.172. The summed E-state index contributed by atoms with van der Waals surface area (Å²) in [4.78, 5) is 1.80. The Morgan fingerprint density at radius 2 is 1.50 bits per heavy atom. The van der Waals surface area contributed by atoms with Gasteiger partial charge in [-0.3, -0.25) is 4.90 Å². The Balaban J connectivity index is 1.79. The van der Waals surface area contributed by atoms with Crippen molar-refractivity contribution in [3.63, 3.8) is 0 Å². The van der Waals surface area contributed by atoms with E-state index >= 15 is 0 Å². The number of alkyl halides is 3. The maximum Gasteiger partial charge on any atom is 0.401 e. The number of hydrogen-bond donors (Lipinski definition) is 1. The molecule has 1 aliphatic heterocycles. The van der Waals surface area contributed by atoms with E-state index in [9.17, 15) is 13.2 Å². The van der Waals surface area contributed by atoms with Crippen molar-refractivity contribution in [2.75, 3.05) is 19.6 Å². The number of rotatable bonds is 1. The highest BCUT2D eigenvalue weighted by atomic mass is 19.4. The van der Waals surface area contributed by atoms with Gasteiger partial charge in [-0.15, -0.1) is 0 Å². The van der Waals surface area contributed by atoms with Crippen LogP contribution in [0.4, 0.5) is 13.2 Å². The van der Waals surface area contributed by atoms with Crippen molar-refractivity contribution in [3.8, 4) is 0 Å². The van der Waals surface area contributed by atoms with Gasteiger partial charge < -0.3 is 5.32 Å². The van der Waals surface area contributed by atoms with Gasteiger partial charge in [-0.2, -0.15) is 13.2 Å². The lowest BCUT2D eigenvalue weighted by Crippen LogP contribution is -2.70. The predicted octanol–water partition coefficient (Wildman–Crippen LogP) is 3.47. The Bertz CT molecular complexity index is 342. The second-order valence-corrected chi connectivity index (χ2v) is 7.10. The van der Waals surface area contributed by atoms with Gasteiger partial charge in [-0.05, 0) is 25.7 Å². The molecular weight excluding hydrogens is 265 g/mol. The van der Waals surface area contributed by atoms with Crippen molar-refractivity contribution in [1.82, 2.24) is 10.2 Å². The lowest BCUT2D eigenvalue weighted by Gasteiger charge is -2.55. The zero-order chi connectivity index (χ0) is 14.3. The molecule has 2 saturated carbocycles. The standard InChI is InChI=1S/C15H25F3N2/c16-15(17,18)12-20-11-13(6-4-5-7-13)19-10-14(20)8-2-1-3-9-14/h19H,1-12H2. The molecule has 116 valence electrons. The molecule has 3 aliphatic rings. The van der Waals surface area contributed by atoms with Crippen molar-refractivity contribution in [2.24, 2.45) is 0 Å². The molecule has 3 rings (SSSR count). The molecule has 2 aliphatic carbocycles. The quantitative estimate of drug-likeness (QED) is 0.795. The van der Waals surface area contributed by atoms with Crippen molar-refractivity contribution >= 4 is 0 Å². The molecule has 2 spiro atoms. The van der Waals surface area contributed by atoms with Crippen LogP contribution in [0.25, 0.3) is 0 Å². The second-order valence-electron chi connectivity index (χ2n) is 7.10. The van der Waals surface area contributed by atoms with Crippen LogP contribution in [0.5, 0.6) is 0 Å². The molecule has 0 aromatic heterocycles. The Kier molecular flexibility index (Phi) is 3.78. The van der Waals surface area contributed by atoms with Crippen molar-refractivity contribution < 1.29 is 13.2 Å². The third-order valence-corrected chi connectivity index (χ3v) is 5.67. The molecule has 0 aromatic carbocycles. The molecular formula is C15H25F3N2. The summed E-state index contributed by atoms with van der Waals surface area (Å²) in [6.45, 7) is 0.617. The summed E-state index contributed by atoms with van der Waals surface area (Å²) in [5, 5.41) is 3.66. The van der Waals surface area contributed by atoms with E-state index in [0.29, 0.717) is 6.54 Å². The molecule has 5 heteroatoms. The minimum atomic E-state index is -4.08. The first-order valence-corrected chi connectivity index (χ1v) is 8.00. The molecule has 3 fully saturated rings. The fourth-order valence-electron chi connectivity index (χ4n) is 4.58. The number of nitrogens with zero attached hydrogens (tertiary/aromatic N) is 1. The SMILES string of the molecule is FC(F)(F)CN1CC2(CCCC2)NCC12CCCCC2. The number of halogens is 3. The molecule has 1 heterocycles. The van der Waals surface area contributed by atoms with Gasteiger partial charge in [0, 0.05) is 24.2 Å². The summed E-state index contributed by atoms with van der Waals surface area (Å²) in [5.41, 5.74) is -0.268. The Morgan fingerprint density at radius 1 is 0.900 bits per heavy atom. The van der Waals surface area contributed by atoms with Gasteiger partial charge in [0.15, 0.2) is 0 Å². The molecule has 2 nitrogen and oxygen atoms in total. The highest BCUT2D eigenvalue weighted by Crippen LogP contribution is 2.42. The van der Waals surface area contributed by atoms with E-state index in [1.807, 2.05) is 0 Å². The predicted molar refractivity (Wildman–Crippen MR) is 72.6 cm³/mol. The van der Waals surface area contributed by atoms with Crippen LogP contribution in [0.3, 0.4) is 0 Å². The second kappa shape index (κ2) is 5.16. The van der Waals surface area contributed by atoms with Crippen LogP contribution in [0.1, 0.15) is 57.8 Å². The van der Waals surface area contributed by atoms with E-state index in [2.05, 4.69) is 5.32 Å². The molecule has 1 N–H and O–H groups in total. The Morgan fingerprint density at radius 3 is 2.10 bits per heavy atom. The van der Waals surface area contributed by atoms with E-state index in [-0.39, 0.29) is 11.1 Å². The molecule has 0 radical (unpaired) electrons. The van der Waals surface area contributed by atoms with Gasteiger partial charge in [0.05, 0.1) is 6.54 Å². The number of nitrogens with one attached hydrogen (secondary N) is 1. The first-order chi connectivity index (χ1) is 9.43. The fraction of sp³-hybridized carbons (Fsp3) is 1.00. The van der Waals surface area contributed by atoms with Gasteiger partial charge in [0.1, 0.15) is 0 Å². The van der Waals surface area contributed by atoms with Gasteiger partial charge in [0.25, 0.3) is 0 Å². The molecule has 0 bridgehead atoms. The number of hydrogen-bond acceptors (Lipinski definition) is 2. The van der Waals surface area contributed by atoms with Crippen LogP contribution in [-0.2, 0) is 0 Å². The molecule has 20 heavy (non-hydrogen) atoms. The highest BCUT2D eigenvalue weighted by Gasteiger charge is 2.51. The van der Waals surface area contributed by atoms with Crippen LogP contribution >= 0.6 is 0 Å². The summed E-state index contributed by atoms with van der Waals surface area (Å²) in [6, 6.07) is 0. The smallest absolute Gasteiger partial charge is 0.308 e. The van der Waals surface area contributed by atoms with Crippen LogP contribution < -0.4 is 5.32 Å². The van der Waals surface area contributed by atoms with Crippen LogP contribution in [0, 0.1) is 0 Å². The average Bonchev–Trinajstić information content (AvgIpc) is 2.83. The van der Waals surface area contributed by atoms with Crippen molar-refractivity contribution in [2.45, 2.75) is 75.0 Å². The molecule has 0 amide bonds. The van der Waals surface area contributed by atoms with Gasteiger partial charge in [-0.25, -0.2) is 0 Å². The van der Waals surface area contributed by atoms with Gasteiger partial charge in [-0.1, -0.05) is 32.1 Å². The number of piperazine rings is 1. The summed E-state index contributed by atoms with van der Waals surface area (Å²) < 4.78 is 39.0. The molecule has 0 unspecified atom stereocenters. The normalized spacial score (nSPS) is 30.1. The van der Waals surface area contributed by atoms with Crippen molar-refractivity contribution in [3.05, 3.63) is 0 Å². The van der Waals surface area contributed by atoms with E-state index in [1.165, 1.54) is 6.42 Å². The van der Waals surface area contributed by atoms with Gasteiger partial charge >= 0.3 is 6.18 Å².